The minimum Gasteiger partial charge on any atom is -0.497 e. The van der Waals surface area contributed by atoms with E-state index >= 15 is 0 Å². The first-order chi connectivity index (χ1) is 11.1. The molecule has 6 heteroatoms. The molecule has 0 aromatic heterocycles. The lowest BCUT2D eigenvalue weighted by molar-refractivity contribution is -0.385. The Balaban J connectivity index is 2.30. The van der Waals surface area contributed by atoms with Gasteiger partial charge < -0.3 is 9.47 Å². The van der Waals surface area contributed by atoms with Crippen LogP contribution in [0.4, 0.5) is 5.69 Å². The summed E-state index contributed by atoms with van der Waals surface area (Å²) < 4.78 is 10.3. The molecule has 0 aliphatic rings. The van der Waals surface area contributed by atoms with E-state index in [1.165, 1.54) is 31.4 Å². The van der Waals surface area contributed by atoms with Gasteiger partial charge in [0.05, 0.1) is 24.7 Å². The minimum atomic E-state index is -0.574. The van der Waals surface area contributed by atoms with Gasteiger partial charge in [0.25, 0.3) is 5.69 Å². The van der Waals surface area contributed by atoms with Gasteiger partial charge in [-0.3, -0.25) is 14.9 Å². The molecule has 0 radical (unpaired) electrons. The Morgan fingerprint density at radius 2 is 1.87 bits per heavy atom. The maximum absolute atomic E-state index is 12.2. The number of para-hydroxylation sites is 1. The fourth-order valence-corrected chi connectivity index (χ4v) is 2.05. The molecule has 0 saturated carbocycles. The lowest BCUT2D eigenvalue weighted by atomic mass is 10.1. The smallest absolute Gasteiger partial charge is 0.280 e. The van der Waals surface area contributed by atoms with Crippen LogP contribution in [-0.2, 0) is 0 Å². The molecular formula is C17H15NO5. The summed E-state index contributed by atoms with van der Waals surface area (Å²) in [5.41, 5.74) is 0.491. The number of benzene rings is 2. The fraction of sp³-hybridized carbons (Fsp3) is 0.118. The number of hydrogen-bond acceptors (Lipinski definition) is 5. The van der Waals surface area contributed by atoms with E-state index < -0.39 is 10.7 Å². The lowest BCUT2D eigenvalue weighted by Crippen LogP contribution is -2.00. The van der Waals surface area contributed by atoms with Gasteiger partial charge in [-0.15, -0.1) is 0 Å². The Morgan fingerprint density at radius 3 is 2.52 bits per heavy atom. The summed E-state index contributed by atoms with van der Waals surface area (Å²) in [6.07, 6.45) is 2.84. The third kappa shape index (κ3) is 3.74. The van der Waals surface area contributed by atoms with E-state index in [9.17, 15) is 14.9 Å². The fourth-order valence-electron chi connectivity index (χ4n) is 2.05. The number of hydrogen-bond donors (Lipinski definition) is 0. The normalized spacial score (nSPS) is 10.5. The highest BCUT2D eigenvalue weighted by molar-refractivity contribution is 6.09. The second-order valence-corrected chi connectivity index (χ2v) is 4.58. The average molecular weight is 313 g/mol. The molecule has 0 atom stereocenters. The third-order valence-corrected chi connectivity index (χ3v) is 3.22. The highest BCUT2D eigenvalue weighted by Gasteiger charge is 2.17. The van der Waals surface area contributed by atoms with Crippen LogP contribution in [0.15, 0.2) is 48.5 Å². The zero-order valence-corrected chi connectivity index (χ0v) is 12.7. The van der Waals surface area contributed by atoms with Crippen molar-refractivity contribution < 1.29 is 19.2 Å². The van der Waals surface area contributed by atoms with Crippen molar-refractivity contribution in [3.05, 3.63) is 69.8 Å². The molecule has 6 nitrogen and oxygen atoms in total. The van der Waals surface area contributed by atoms with Crippen LogP contribution in [0.2, 0.25) is 0 Å². The maximum atomic E-state index is 12.2. The van der Waals surface area contributed by atoms with Gasteiger partial charge in [0, 0.05) is 17.7 Å². The summed E-state index contributed by atoms with van der Waals surface area (Å²) in [7, 11) is 3.05. The largest absolute Gasteiger partial charge is 0.497 e. The molecule has 2 rings (SSSR count). The minimum absolute atomic E-state index is 0.0428. The number of carbonyl (C=O) groups excluding carboxylic acids is 1. The molecule has 0 bridgehead atoms. The molecule has 118 valence electrons. The van der Waals surface area contributed by atoms with Crippen LogP contribution in [-0.4, -0.2) is 24.9 Å². The Labute approximate surface area is 133 Å². The van der Waals surface area contributed by atoms with Gasteiger partial charge >= 0.3 is 0 Å². The van der Waals surface area contributed by atoms with Crippen LogP contribution in [0.3, 0.4) is 0 Å². The molecule has 0 aliphatic carbocycles. The molecular weight excluding hydrogens is 298 g/mol. The zero-order valence-electron chi connectivity index (χ0n) is 12.7. The number of allylic oxidation sites excluding steroid dienone is 1. The van der Waals surface area contributed by atoms with Gasteiger partial charge in [-0.2, -0.15) is 0 Å². The molecule has 0 saturated heterocycles. The molecule has 2 aromatic rings. The number of methoxy groups -OCH3 is 2. The van der Waals surface area contributed by atoms with Crippen molar-refractivity contribution >= 4 is 17.5 Å². The van der Waals surface area contributed by atoms with E-state index in [2.05, 4.69) is 0 Å². The first kappa shape index (κ1) is 16.2. The van der Waals surface area contributed by atoms with Gasteiger partial charge in [-0.1, -0.05) is 12.1 Å². The average Bonchev–Trinajstić information content (AvgIpc) is 2.59. The SMILES string of the molecule is COc1ccc(/C=C/C(=O)c2ccccc2[N+](=O)[O-])c(OC)c1. The van der Waals surface area contributed by atoms with Crippen LogP contribution in [0.1, 0.15) is 15.9 Å². The molecule has 0 aliphatic heterocycles. The number of ether oxygens (including phenoxy) is 2. The third-order valence-electron chi connectivity index (χ3n) is 3.22. The molecule has 0 unspecified atom stereocenters. The molecule has 2 aromatic carbocycles. The summed E-state index contributed by atoms with van der Waals surface area (Å²) >= 11 is 0. The second kappa shape index (κ2) is 7.22. The first-order valence-corrected chi connectivity index (χ1v) is 6.74. The summed E-state index contributed by atoms with van der Waals surface area (Å²) in [4.78, 5) is 22.6. The molecule has 0 fully saturated rings. The van der Waals surface area contributed by atoms with Crippen molar-refractivity contribution in [2.45, 2.75) is 0 Å². The lowest BCUT2D eigenvalue weighted by Gasteiger charge is -2.07. The summed E-state index contributed by atoms with van der Waals surface area (Å²) in [6.45, 7) is 0. The van der Waals surface area contributed by atoms with Crippen molar-refractivity contribution in [3.63, 3.8) is 0 Å². The molecule has 0 amide bonds. The maximum Gasteiger partial charge on any atom is 0.280 e. The second-order valence-electron chi connectivity index (χ2n) is 4.58. The van der Waals surface area contributed by atoms with Crippen molar-refractivity contribution in [1.29, 1.82) is 0 Å². The van der Waals surface area contributed by atoms with Gasteiger partial charge in [0.1, 0.15) is 11.5 Å². The van der Waals surface area contributed by atoms with E-state index in [0.29, 0.717) is 17.1 Å². The first-order valence-electron chi connectivity index (χ1n) is 6.74. The van der Waals surface area contributed by atoms with Crippen molar-refractivity contribution in [2.24, 2.45) is 0 Å². The number of ketones is 1. The molecule has 23 heavy (non-hydrogen) atoms. The number of carbonyl (C=O) groups is 1. The quantitative estimate of drug-likeness (QED) is 0.353. The van der Waals surface area contributed by atoms with Gasteiger partial charge in [-0.05, 0) is 30.4 Å². The summed E-state index contributed by atoms with van der Waals surface area (Å²) in [6, 6.07) is 11.0. The molecule has 0 spiro atoms. The van der Waals surface area contributed by atoms with Crippen LogP contribution in [0, 0.1) is 10.1 Å². The monoisotopic (exact) mass is 313 g/mol. The van der Waals surface area contributed by atoms with Gasteiger partial charge in [0.15, 0.2) is 5.78 Å². The van der Waals surface area contributed by atoms with Gasteiger partial charge in [0.2, 0.25) is 0 Å². The highest BCUT2D eigenvalue weighted by Crippen LogP contribution is 2.26. The predicted molar refractivity (Wildman–Crippen MR) is 86.0 cm³/mol. The van der Waals surface area contributed by atoms with E-state index in [1.54, 1.807) is 37.5 Å². The molecule has 0 N–H and O–H groups in total. The van der Waals surface area contributed by atoms with Gasteiger partial charge in [-0.25, -0.2) is 0 Å². The van der Waals surface area contributed by atoms with Crippen LogP contribution in [0.5, 0.6) is 11.5 Å². The Morgan fingerprint density at radius 1 is 1.13 bits per heavy atom. The Bertz CT molecular complexity index is 767. The summed E-state index contributed by atoms with van der Waals surface area (Å²) in [5, 5.41) is 11.0. The van der Waals surface area contributed by atoms with Crippen molar-refractivity contribution in [3.8, 4) is 11.5 Å². The van der Waals surface area contributed by atoms with E-state index in [0.717, 1.165) is 0 Å². The van der Waals surface area contributed by atoms with Crippen LogP contribution >= 0.6 is 0 Å². The van der Waals surface area contributed by atoms with E-state index in [4.69, 9.17) is 9.47 Å². The summed E-state index contributed by atoms with van der Waals surface area (Å²) in [5.74, 6) is 0.718. The number of nitro groups is 1. The standard InChI is InChI=1S/C17H15NO5/c1-22-13-9-7-12(17(11-13)23-2)8-10-16(19)14-5-3-4-6-15(14)18(20)21/h3-11H,1-2H3/b10-8+. The Hall–Kier alpha value is -3.15. The highest BCUT2D eigenvalue weighted by atomic mass is 16.6. The van der Waals surface area contributed by atoms with Crippen LogP contribution < -0.4 is 9.47 Å². The van der Waals surface area contributed by atoms with E-state index in [1.807, 2.05) is 0 Å². The Kier molecular flexibility index (Phi) is 5.09. The van der Waals surface area contributed by atoms with Crippen molar-refractivity contribution in [1.82, 2.24) is 0 Å². The predicted octanol–water partition coefficient (Wildman–Crippen LogP) is 3.51. The number of nitro benzene ring substituents is 1. The number of nitrogens with zero attached hydrogens (tertiary/aromatic N) is 1. The zero-order chi connectivity index (χ0) is 16.8. The molecule has 0 heterocycles. The van der Waals surface area contributed by atoms with Crippen molar-refractivity contribution in [2.75, 3.05) is 14.2 Å². The van der Waals surface area contributed by atoms with Crippen LogP contribution in [0.25, 0.3) is 6.08 Å². The topological polar surface area (TPSA) is 78.7 Å². The number of rotatable bonds is 6. The van der Waals surface area contributed by atoms with E-state index in [-0.39, 0.29) is 11.3 Å².